The predicted octanol–water partition coefficient (Wildman–Crippen LogP) is 8.48. The van der Waals surface area contributed by atoms with E-state index in [0.29, 0.717) is 0 Å². The molecule has 2 aromatic heterocycles. The van der Waals surface area contributed by atoms with Gasteiger partial charge in [-0.25, -0.2) is 4.98 Å². The number of rotatable bonds is 0. The third kappa shape index (κ3) is 2.62. The van der Waals surface area contributed by atoms with Crippen molar-refractivity contribution in [1.82, 2.24) is 9.38 Å². The maximum Gasteiger partial charge on any atom is 0.146 e. The summed E-state index contributed by atoms with van der Waals surface area (Å²) in [7, 11) is 0. The molecule has 2 heterocycles. The molecule has 2 aliphatic rings. The summed E-state index contributed by atoms with van der Waals surface area (Å²) in [5.74, 6) is 1.53. The molecule has 2 bridgehead atoms. The summed E-state index contributed by atoms with van der Waals surface area (Å²) in [6.07, 6.45) is 4.07. The van der Waals surface area contributed by atoms with E-state index in [0.717, 1.165) is 23.0 Å². The predicted molar refractivity (Wildman–Crippen MR) is 137 cm³/mol. The van der Waals surface area contributed by atoms with Crippen molar-refractivity contribution in [2.45, 2.75) is 71.1 Å². The van der Waals surface area contributed by atoms with Gasteiger partial charge in [-0.3, -0.25) is 4.40 Å². The van der Waals surface area contributed by atoms with Crippen LogP contribution in [-0.2, 0) is 5.41 Å². The average molecular weight is 421 g/mol. The maximum absolute atomic E-state index is 5.19. The molecule has 0 N–H and O–H groups in total. The summed E-state index contributed by atoms with van der Waals surface area (Å²) in [5.41, 5.74) is 9.45. The lowest BCUT2D eigenvalue weighted by Gasteiger charge is -2.20. The van der Waals surface area contributed by atoms with Crippen LogP contribution in [0.5, 0.6) is 0 Å². The van der Waals surface area contributed by atoms with Gasteiger partial charge in [-0.15, -0.1) is 0 Å². The Morgan fingerprint density at radius 1 is 0.781 bits per heavy atom. The largest absolute Gasteiger partial charge is 0.292 e. The third-order valence-corrected chi connectivity index (χ3v) is 7.73. The molecule has 7 rings (SSSR count). The quantitative estimate of drug-likeness (QED) is 0.230. The second-order valence-electron chi connectivity index (χ2n) is 10.5. The maximum atomic E-state index is 5.19. The highest BCUT2D eigenvalue weighted by Crippen LogP contribution is 2.54. The summed E-state index contributed by atoms with van der Waals surface area (Å²) < 4.78 is 2.42. The van der Waals surface area contributed by atoms with Crippen molar-refractivity contribution in [1.29, 1.82) is 0 Å². The Kier molecular flexibility index (Phi) is 4.21. The molecule has 5 aromatic rings. The number of nitrogens with zero attached hydrogens (tertiary/aromatic N) is 2. The first kappa shape index (κ1) is 19.8. The number of hydrogen-bond acceptors (Lipinski definition) is 1. The minimum absolute atomic E-state index is 0.126. The Labute approximate surface area is 190 Å². The van der Waals surface area contributed by atoms with Crippen molar-refractivity contribution in [3.05, 3.63) is 71.3 Å². The average Bonchev–Trinajstić information content (AvgIpc) is 3.52. The highest BCUT2D eigenvalue weighted by molar-refractivity contribution is 6.14. The first-order valence-electron chi connectivity index (χ1n) is 12.3. The van der Waals surface area contributed by atoms with Crippen molar-refractivity contribution in [2.75, 3.05) is 0 Å². The van der Waals surface area contributed by atoms with E-state index in [2.05, 4.69) is 79.8 Å². The van der Waals surface area contributed by atoms with Crippen LogP contribution in [0.2, 0.25) is 0 Å². The van der Waals surface area contributed by atoms with Crippen LogP contribution in [0.3, 0.4) is 0 Å². The Bertz CT molecular complexity index is 1510. The monoisotopic (exact) mass is 420 g/mol. The fourth-order valence-corrected chi connectivity index (χ4v) is 6.16. The first-order chi connectivity index (χ1) is 15.5. The fourth-order valence-electron chi connectivity index (χ4n) is 6.16. The Balaban J connectivity index is 0.000000953. The minimum atomic E-state index is 0.126. The van der Waals surface area contributed by atoms with Crippen LogP contribution in [0.25, 0.3) is 38.4 Å². The first-order valence-corrected chi connectivity index (χ1v) is 12.3. The van der Waals surface area contributed by atoms with Gasteiger partial charge in [0.25, 0.3) is 0 Å². The van der Waals surface area contributed by atoms with Gasteiger partial charge in [0.15, 0.2) is 0 Å². The summed E-state index contributed by atoms with van der Waals surface area (Å²) in [6.45, 7) is 10.9. The normalized spacial score (nSPS) is 19.7. The van der Waals surface area contributed by atoms with Crippen molar-refractivity contribution in [3.8, 4) is 0 Å². The lowest BCUT2D eigenvalue weighted by molar-refractivity contribution is 0.591. The SMILES string of the molecule is CC.CC(C)(C)c1ccc2c(c1)c1ccccc1c1nc3cc4c(cc3n21)C1CCC4C1. The molecule has 1 saturated carbocycles. The third-order valence-electron chi connectivity index (χ3n) is 7.73. The highest BCUT2D eigenvalue weighted by atomic mass is 15.0. The molecule has 2 aliphatic carbocycles. The molecule has 2 unspecified atom stereocenters. The minimum Gasteiger partial charge on any atom is -0.292 e. The van der Waals surface area contributed by atoms with Gasteiger partial charge < -0.3 is 0 Å². The smallest absolute Gasteiger partial charge is 0.146 e. The van der Waals surface area contributed by atoms with Gasteiger partial charge in [-0.2, -0.15) is 0 Å². The molecule has 2 atom stereocenters. The van der Waals surface area contributed by atoms with Crippen LogP contribution in [-0.4, -0.2) is 9.38 Å². The van der Waals surface area contributed by atoms with Crippen LogP contribution in [0, 0.1) is 0 Å². The zero-order valence-electron chi connectivity index (χ0n) is 19.9. The fraction of sp³-hybridized carbons (Fsp3) is 0.367. The van der Waals surface area contributed by atoms with E-state index >= 15 is 0 Å². The summed E-state index contributed by atoms with van der Waals surface area (Å²) in [5, 5.41) is 3.87. The second-order valence-corrected chi connectivity index (χ2v) is 10.5. The molecule has 0 amide bonds. The van der Waals surface area contributed by atoms with Crippen LogP contribution in [0.1, 0.15) is 82.4 Å². The highest BCUT2D eigenvalue weighted by Gasteiger charge is 2.37. The van der Waals surface area contributed by atoms with Crippen LogP contribution >= 0.6 is 0 Å². The molecular weight excluding hydrogens is 388 g/mol. The van der Waals surface area contributed by atoms with E-state index in [1.165, 1.54) is 52.0 Å². The number of benzene rings is 3. The zero-order valence-corrected chi connectivity index (χ0v) is 19.9. The molecule has 162 valence electrons. The standard InChI is InChI=1S/C28H26N2.C2H6/c1-28(2,3)18-10-11-25-23(13-18)19-6-4-5-7-20(19)27-29-24-14-21-16-8-9-17(12-16)22(21)15-26(24)30(25)27;1-2/h4-7,10-11,13-17H,8-9,12H2,1-3H3;1-2H3. The van der Waals surface area contributed by atoms with E-state index < -0.39 is 0 Å². The zero-order chi connectivity index (χ0) is 22.2. The molecule has 2 nitrogen and oxygen atoms in total. The van der Waals surface area contributed by atoms with Gasteiger partial charge >= 0.3 is 0 Å². The molecule has 3 aromatic carbocycles. The molecule has 2 heteroatoms. The van der Waals surface area contributed by atoms with Gasteiger partial charge in [0.1, 0.15) is 5.65 Å². The molecule has 0 saturated heterocycles. The van der Waals surface area contributed by atoms with E-state index in [1.807, 2.05) is 13.8 Å². The van der Waals surface area contributed by atoms with Crippen molar-refractivity contribution >= 4 is 38.4 Å². The molecule has 0 spiro atoms. The van der Waals surface area contributed by atoms with Crippen LogP contribution in [0.15, 0.2) is 54.6 Å². The topological polar surface area (TPSA) is 17.3 Å². The summed E-state index contributed by atoms with van der Waals surface area (Å²) in [6, 6.07) is 20.7. The van der Waals surface area contributed by atoms with Gasteiger partial charge in [0, 0.05) is 10.8 Å². The van der Waals surface area contributed by atoms with Gasteiger partial charge in [-0.05, 0) is 82.9 Å². The van der Waals surface area contributed by atoms with Gasteiger partial charge in [-0.1, -0.05) is 65.0 Å². The molecule has 32 heavy (non-hydrogen) atoms. The Hall–Kier alpha value is -2.87. The van der Waals surface area contributed by atoms with Gasteiger partial charge in [0.05, 0.1) is 16.6 Å². The van der Waals surface area contributed by atoms with E-state index in [9.17, 15) is 0 Å². The Morgan fingerprint density at radius 2 is 1.47 bits per heavy atom. The lowest BCUT2D eigenvalue weighted by atomic mass is 9.86. The van der Waals surface area contributed by atoms with E-state index in [4.69, 9.17) is 4.98 Å². The number of pyridine rings is 1. The number of hydrogen-bond donors (Lipinski definition) is 0. The lowest BCUT2D eigenvalue weighted by Crippen LogP contribution is -2.10. The number of imidazole rings is 1. The molecule has 1 fully saturated rings. The van der Waals surface area contributed by atoms with Crippen molar-refractivity contribution in [2.24, 2.45) is 0 Å². The van der Waals surface area contributed by atoms with Crippen molar-refractivity contribution in [3.63, 3.8) is 0 Å². The summed E-state index contributed by atoms with van der Waals surface area (Å²) in [4.78, 5) is 5.19. The van der Waals surface area contributed by atoms with Crippen molar-refractivity contribution < 1.29 is 0 Å². The number of fused-ring (bicyclic) bond motifs is 13. The van der Waals surface area contributed by atoms with Crippen LogP contribution < -0.4 is 0 Å². The molecule has 0 aliphatic heterocycles. The van der Waals surface area contributed by atoms with E-state index in [-0.39, 0.29) is 5.41 Å². The van der Waals surface area contributed by atoms with Gasteiger partial charge in [0.2, 0.25) is 0 Å². The van der Waals surface area contributed by atoms with Crippen LogP contribution in [0.4, 0.5) is 0 Å². The van der Waals surface area contributed by atoms with E-state index in [1.54, 1.807) is 11.1 Å². The summed E-state index contributed by atoms with van der Waals surface area (Å²) >= 11 is 0. The second kappa shape index (κ2) is 6.81. The molecular formula is C30H32N2. The molecule has 0 radical (unpaired) electrons. The number of aromatic nitrogens is 2. The Morgan fingerprint density at radius 3 is 2.19 bits per heavy atom.